The Balaban J connectivity index is 0.000000113. The minimum atomic E-state index is -0.923. The summed E-state index contributed by atoms with van der Waals surface area (Å²) in [5.41, 5.74) is 15.4. The summed E-state index contributed by atoms with van der Waals surface area (Å²) in [7, 11) is 0. The van der Waals surface area contributed by atoms with Crippen molar-refractivity contribution in [3.8, 4) is 0 Å². The van der Waals surface area contributed by atoms with Crippen molar-refractivity contribution in [1.82, 2.24) is 15.0 Å². The fourth-order valence-corrected chi connectivity index (χ4v) is 22.3. The Labute approximate surface area is 504 Å². The number of rotatable bonds is 3. The van der Waals surface area contributed by atoms with Crippen molar-refractivity contribution in [2.75, 3.05) is 0 Å². The second-order valence-corrected chi connectivity index (χ2v) is 30.2. The van der Waals surface area contributed by atoms with Gasteiger partial charge < -0.3 is 15.6 Å². The predicted octanol–water partition coefficient (Wildman–Crippen LogP) is 17.7. The van der Waals surface area contributed by atoms with E-state index in [4.69, 9.17) is 0 Å². The molecule has 10 heteroatoms. The predicted molar refractivity (Wildman–Crippen MR) is 337 cm³/mol. The van der Waals surface area contributed by atoms with E-state index < -0.39 is 6.17 Å². The van der Waals surface area contributed by atoms with Gasteiger partial charge in [0.25, 0.3) is 0 Å². The molecule has 85 heavy (non-hydrogen) atoms. The molecule has 3 aromatic rings. The zero-order chi connectivity index (χ0) is 58.9. The summed E-state index contributed by atoms with van der Waals surface area (Å²) in [6.07, 6.45) is 51.3. The van der Waals surface area contributed by atoms with Crippen LogP contribution in [0.5, 0.6) is 0 Å². The highest BCUT2D eigenvalue weighted by Gasteiger charge is 2.66. The van der Waals surface area contributed by atoms with Crippen molar-refractivity contribution in [2.45, 2.75) is 157 Å². The molecular weight excluding hydrogens is 1050 g/mol. The minimum absolute atomic E-state index is 0.0922. The molecule has 0 amide bonds. The van der Waals surface area contributed by atoms with Gasteiger partial charge in [-0.05, 0) is 277 Å². The van der Waals surface area contributed by atoms with Crippen LogP contribution in [0.25, 0.3) is 16.7 Å². The zero-order valence-electron chi connectivity index (χ0n) is 51.3. The number of hydrogen-bond donors (Lipinski definition) is 3. The Hall–Kier alpha value is -6.29. The highest BCUT2D eigenvalue weighted by atomic mass is 19.1. The number of oxime groups is 3. The van der Waals surface area contributed by atoms with Crippen LogP contribution in [-0.2, 0) is 0 Å². The molecule has 0 saturated heterocycles. The lowest BCUT2D eigenvalue weighted by atomic mass is 9.45. The summed E-state index contributed by atoms with van der Waals surface area (Å²) in [5.74, 6) is 6.27. The van der Waals surface area contributed by atoms with E-state index in [0.717, 1.165) is 61.1 Å². The number of alkyl halides is 1. The number of allylic oxidation sites excluding steroid dienone is 16. The maximum atomic E-state index is 15.4. The Morgan fingerprint density at radius 3 is 1.48 bits per heavy atom. The molecule has 0 aliphatic heterocycles. The number of pyridine rings is 3. The normalized spacial score (nSPS) is 43.1. The van der Waals surface area contributed by atoms with E-state index in [2.05, 4.69) is 158 Å². The van der Waals surface area contributed by atoms with Gasteiger partial charge in [0.1, 0.15) is 17.6 Å². The van der Waals surface area contributed by atoms with Gasteiger partial charge in [0.05, 0.1) is 5.71 Å². The number of hydrogen-bond acceptors (Lipinski definition) is 9. The molecule has 13 aliphatic carbocycles. The Kier molecular flexibility index (Phi) is 13.7. The van der Waals surface area contributed by atoms with Gasteiger partial charge in [-0.25, -0.2) is 4.39 Å². The first-order valence-corrected chi connectivity index (χ1v) is 32.6. The van der Waals surface area contributed by atoms with Crippen LogP contribution < -0.4 is 0 Å². The summed E-state index contributed by atoms with van der Waals surface area (Å²) in [5, 5.41) is 38.2. The van der Waals surface area contributed by atoms with E-state index in [9.17, 15) is 15.6 Å². The lowest BCUT2D eigenvalue weighted by Gasteiger charge is -2.59. The van der Waals surface area contributed by atoms with E-state index in [1.165, 1.54) is 97.6 Å². The number of halogens is 1. The molecule has 16 rings (SSSR count). The second-order valence-electron chi connectivity index (χ2n) is 30.2. The molecule has 13 aliphatic rings. The summed E-state index contributed by atoms with van der Waals surface area (Å²) in [6, 6.07) is 12.8. The molecule has 0 bridgehead atoms. The maximum Gasteiger partial charge on any atom is 0.122 e. The van der Waals surface area contributed by atoms with Crippen LogP contribution in [-0.4, -0.2) is 53.9 Å². The average molecular weight is 1140 g/mol. The van der Waals surface area contributed by atoms with Crippen LogP contribution in [0.1, 0.15) is 168 Å². The monoisotopic (exact) mass is 1140 g/mol. The molecule has 3 aromatic heterocycles. The summed E-state index contributed by atoms with van der Waals surface area (Å²) < 4.78 is 15.4. The maximum absolute atomic E-state index is 15.4. The standard InChI is InChI=1S/C26H30N2O.C25H30N2O.C24H29FN2O/c1-24-10-8-22-19(21(24)6-5-20(24)17-4-3-13-27-16-17)15-26(11-12-26)23-14-18(28-29)7-9-25(22,23)2;1-16-13-19-21-7-6-20(17-5-4-12-26-15-17)24(21,2)11-9-22(19)25(3)10-8-18(27-28)14-23(16)25;1-23-10-8-20-17(19(23)6-5-18(23)15-4-3-11-26-14-15)13-22(25)21-12-16(27-28)7-9-24(20,21)2/h3-5,7,9,13-14,16,19,21-22,29H,6,8,10-12,15H2,1-2H3;4-6,8,10,12,14-16,19,21-22,28H,7,9,11,13H2,1-3H3;3-5,11-12,14,17,19-20,22,28H,6-10,13H2,1-2H3/t19-,21-,22-,24+,25+;16?,19-,21-,22-,24+,25+;17-,19-,20-,22?,23+,24+/m000/s1. The van der Waals surface area contributed by atoms with Crippen LogP contribution in [0.15, 0.2) is 167 Å². The van der Waals surface area contributed by atoms with Crippen molar-refractivity contribution in [1.29, 1.82) is 0 Å². The second kappa shape index (κ2) is 20.7. The molecule has 3 N–H and O–H groups in total. The van der Waals surface area contributed by atoms with Crippen molar-refractivity contribution in [3.05, 3.63) is 168 Å². The third kappa shape index (κ3) is 8.67. The SMILES string of the molecule is CC1C[C@@H]2[C@H](CC[C@]3(C)C(c4cccnc4)=CC[C@@H]23)[C@@]2(C)C=CC(=NO)C=C12.C[C@]12C=CC(=NO)C=C1C1(CC1)C[C@@H]1[C@@H]2CC[C@]2(C)C(c3cccnc3)=CC[C@@H]12.C[C@]12CCC(=NO)C=C1C(F)C[C@@H]1[C@@H]2CC[C@]2(C)C(c3cccnc3)=CC[C@@H]12. The fraction of sp³-hybridized carbons (Fsp3) is 0.547. The van der Waals surface area contributed by atoms with E-state index in [-0.39, 0.29) is 32.5 Å². The molecule has 7 fully saturated rings. The molecule has 9 nitrogen and oxygen atoms in total. The zero-order valence-corrected chi connectivity index (χ0v) is 51.3. The van der Waals surface area contributed by atoms with E-state index in [1.807, 2.05) is 55.3 Å². The first-order valence-electron chi connectivity index (χ1n) is 32.6. The largest absolute Gasteiger partial charge is 0.411 e. The van der Waals surface area contributed by atoms with E-state index in [1.54, 1.807) is 11.1 Å². The van der Waals surface area contributed by atoms with Gasteiger partial charge in [-0.2, -0.15) is 0 Å². The van der Waals surface area contributed by atoms with Gasteiger partial charge in [-0.3, -0.25) is 15.0 Å². The van der Waals surface area contributed by atoms with Crippen LogP contribution in [0.3, 0.4) is 0 Å². The molecule has 17 atom stereocenters. The van der Waals surface area contributed by atoms with E-state index in [0.29, 0.717) is 64.7 Å². The molecule has 0 radical (unpaired) electrons. The van der Waals surface area contributed by atoms with Crippen LogP contribution in [0, 0.1) is 97.1 Å². The van der Waals surface area contributed by atoms with Gasteiger partial charge in [0.15, 0.2) is 0 Å². The fourth-order valence-electron chi connectivity index (χ4n) is 22.3. The smallest absolute Gasteiger partial charge is 0.122 e. The quantitative estimate of drug-likeness (QED) is 0.176. The van der Waals surface area contributed by atoms with Crippen molar-refractivity contribution in [2.24, 2.45) is 113 Å². The Morgan fingerprint density at radius 1 is 0.506 bits per heavy atom. The highest BCUT2D eigenvalue weighted by Crippen LogP contribution is 2.75. The molecule has 3 heterocycles. The lowest BCUT2D eigenvalue weighted by molar-refractivity contribution is -0.0393. The molecule has 0 aromatic carbocycles. The van der Waals surface area contributed by atoms with Crippen LogP contribution in [0.2, 0.25) is 0 Å². The van der Waals surface area contributed by atoms with Gasteiger partial charge in [0.2, 0.25) is 0 Å². The van der Waals surface area contributed by atoms with E-state index >= 15 is 4.39 Å². The highest BCUT2D eigenvalue weighted by molar-refractivity contribution is 6.06. The van der Waals surface area contributed by atoms with Crippen molar-refractivity contribution in [3.63, 3.8) is 0 Å². The number of nitrogens with zero attached hydrogens (tertiary/aromatic N) is 6. The third-order valence-corrected chi connectivity index (χ3v) is 26.6. The molecule has 444 valence electrons. The molecule has 7 saturated carbocycles. The van der Waals surface area contributed by atoms with Gasteiger partial charge in [-0.1, -0.05) is 124 Å². The Bertz CT molecular complexity index is 3490. The van der Waals surface area contributed by atoms with Crippen molar-refractivity contribution < 1.29 is 20.0 Å². The summed E-state index contributed by atoms with van der Waals surface area (Å²) in [4.78, 5) is 13.1. The topological polar surface area (TPSA) is 136 Å². The van der Waals surface area contributed by atoms with Gasteiger partial charge in [-0.15, -0.1) is 0 Å². The van der Waals surface area contributed by atoms with Gasteiger partial charge >= 0.3 is 0 Å². The first-order chi connectivity index (χ1) is 40.9. The lowest BCUT2D eigenvalue weighted by Crippen LogP contribution is -2.52. The van der Waals surface area contributed by atoms with Gasteiger partial charge in [0, 0.05) is 48.0 Å². The molecular formula is C75H89FN6O3. The number of fused-ring (bicyclic) bond motifs is 16. The van der Waals surface area contributed by atoms with Crippen LogP contribution in [0.4, 0.5) is 4.39 Å². The minimum Gasteiger partial charge on any atom is -0.411 e. The number of aromatic nitrogens is 3. The molecule has 2 unspecified atom stereocenters. The average Bonchev–Trinajstić information content (AvgIpc) is 1.67. The first kappa shape index (κ1) is 56.5. The summed E-state index contributed by atoms with van der Waals surface area (Å²) in [6.45, 7) is 17.0. The Morgan fingerprint density at radius 2 is 0.988 bits per heavy atom. The summed E-state index contributed by atoms with van der Waals surface area (Å²) >= 11 is 0. The third-order valence-electron chi connectivity index (χ3n) is 26.6. The van der Waals surface area contributed by atoms with Crippen molar-refractivity contribution >= 4 is 33.9 Å². The van der Waals surface area contributed by atoms with Crippen LogP contribution >= 0.6 is 0 Å². The molecule has 1 spiro atoms.